The number of carbonyl (C=O) groups excluding carboxylic acids is 1. The Morgan fingerprint density at radius 1 is 1.42 bits per heavy atom. The molecule has 1 unspecified atom stereocenters. The first-order chi connectivity index (χ1) is 12.3. The van der Waals surface area contributed by atoms with Gasteiger partial charge in [0, 0.05) is 25.7 Å². The van der Waals surface area contributed by atoms with Crippen molar-refractivity contribution in [3.05, 3.63) is 29.8 Å². The van der Waals surface area contributed by atoms with Crippen LogP contribution >= 0.6 is 0 Å². The monoisotopic (exact) mass is 384 g/mol. The van der Waals surface area contributed by atoms with E-state index in [0.29, 0.717) is 13.1 Å². The molecule has 1 aliphatic rings. The number of amides is 2. The van der Waals surface area contributed by atoms with E-state index in [1.807, 2.05) is 19.9 Å². The second-order valence-corrected chi connectivity index (χ2v) is 8.56. The molecule has 1 fully saturated rings. The highest BCUT2D eigenvalue weighted by Crippen LogP contribution is 2.19. The van der Waals surface area contributed by atoms with E-state index >= 15 is 0 Å². The smallest absolute Gasteiger partial charge is 0.317 e. The van der Waals surface area contributed by atoms with E-state index in [0.717, 1.165) is 25.0 Å². The van der Waals surface area contributed by atoms with Gasteiger partial charge in [-0.2, -0.15) is 8.42 Å². The highest BCUT2D eigenvalue weighted by atomic mass is 32.2. The SMILES string of the molecule is CCS(=O)(=O)Oc1cccc(CN(CC2CCCO2)C(=O)NC(C)C)c1. The molecule has 26 heavy (non-hydrogen) atoms. The van der Waals surface area contributed by atoms with Crippen molar-refractivity contribution in [1.82, 2.24) is 10.2 Å². The first-order valence-electron chi connectivity index (χ1n) is 8.97. The van der Waals surface area contributed by atoms with Gasteiger partial charge in [-0.1, -0.05) is 12.1 Å². The van der Waals surface area contributed by atoms with E-state index in [2.05, 4.69) is 5.32 Å². The molecule has 7 nitrogen and oxygen atoms in total. The number of nitrogens with one attached hydrogen (secondary N) is 1. The van der Waals surface area contributed by atoms with Gasteiger partial charge in [-0.3, -0.25) is 0 Å². The highest BCUT2D eigenvalue weighted by Gasteiger charge is 2.23. The number of benzene rings is 1. The number of urea groups is 1. The molecule has 1 N–H and O–H groups in total. The number of hydrogen-bond donors (Lipinski definition) is 1. The van der Waals surface area contributed by atoms with Crippen molar-refractivity contribution in [2.24, 2.45) is 0 Å². The van der Waals surface area contributed by atoms with Gasteiger partial charge in [0.1, 0.15) is 5.75 Å². The molecule has 0 bridgehead atoms. The van der Waals surface area contributed by atoms with Crippen molar-refractivity contribution in [1.29, 1.82) is 0 Å². The van der Waals surface area contributed by atoms with Crippen LogP contribution in [-0.2, 0) is 21.4 Å². The lowest BCUT2D eigenvalue weighted by molar-refractivity contribution is 0.0791. The molecule has 0 aliphatic carbocycles. The first kappa shape index (κ1) is 20.5. The van der Waals surface area contributed by atoms with Gasteiger partial charge in [-0.05, 0) is 51.3 Å². The van der Waals surface area contributed by atoms with E-state index in [-0.39, 0.29) is 29.7 Å². The van der Waals surface area contributed by atoms with Crippen LogP contribution in [0, 0.1) is 0 Å². The van der Waals surface area contributed by atoms with Gasteiger partial charge in [0.2, 0.25) is 0 Å². The van der Waals surface area contributed by atoms with Crippen molar-refractivity contribution in [3.8, 4) is 5.75 Å². The quantitative estimate of drug-likeness (QED) is 0.696. The third-order valence-electron chi connectivity index (χ3n) is 4.00. The van der Waals surface area contributed by atoms with Crippen LogP contribution in [0.2, 0.25) is 0 Å². The minimum Gasteiger partial charge on any atom is -0.382 e. The Morgan fingerprint density at radius 3 is 2.81 bits per heavy atom. The van der Waals surface area contributed by atoms with Crippen molar-refractivity contribution in [2.45, 2.75) is 52.3 Å². The third-order valence-corrected chi connectivity index (χ3v) is 5.15. The molecule has 2 rings (SSSR count). The van der Waals surface area contributed by atoms with Gasteiger partial charge in [0.25, 0.3) is 0 Å². The summed E-state index contributed by atoms with van der Waals surface area (Å²) in [5.74, 6) is 0.157. The van der Waals surface area contributed by atoms with Crippen molar-refractivity contribution >= 4 is 16.1 Å². The summed E-state index contributed by atoms with van der Waals surface area (Å²) in [6.07, 6.45) is 1.97. The zero-order valence-electron chi connectivity index (χ0n) is 15.6. The Balaban J connectivity index is 2.11. The van der Waals surface area contributed by atoms with Crippen LogP contribution < -0.4 is 9.50 Å². The van der Waals surface area contributed by atoms with Gasteiger partial charge in [-0.15, -0.1) is 0 Å². The zero-order chi connectivity index (χ0) is 19.2. The van der Waals surface area contributed by atoms with Crippen LogP contribution in [0.5, 0.6) is 5.75 Å². The van der Waals surface area contributed by atoms with Gasteiger partial charge in [-0.25, -0.2) is 4.79 Å². The number of rotatable bonds is 8. The molecule has 8 heteroatoms. The predicted molar refractivity (Wildman–Crippen MR) is 99.6 cm³/mol. The van der Waals surface area contributed by atoms with Crippen molar-refractivity contribution < 1.29 is 22.1 Å². The molecule has 1 aromatic carbocycles. The lowest BCUT2D eigenvalue weighted by atomic mass is 10.2. The van der Waals surface area contributed by atoms with Crippen molar-refractivity contribution in [3.63, 3.8) is 0 Å². The van der Waals surface area contributed by atoms with Gasteiger partial charge in [0.15, 0.2) is 0 Å². The number of hydrogen-bond acceptors (Lipinski definition) is 5. The average molecular weight is 384 g/mol. The fourth-order valence-corrected chi connectivity index (χ4v) is 3.23. The molecular formula is C18H28N2O5S. The predicted octanol–water partition coefficient (Wildman–Crippen LogP) is 2.51. The largest absolute Gasteiger partial charge is 0.382 e. The highest BCUT2D eigenvalue weighted by molar-refractivity contribution is 7.87. The fourth-order valence-electron chi connectivity index (χ4n) is 2.71. The standard InChI is InChI=1S/C18H28N2O5S/c1-4-26(22,23)25-16-8-5-7-15(11-16)12-20(18(21)19-14(2)3)13-17-9-6-10-24-17/h5,7-8,11,14,17H,4,6,9-10,12-13H2,1-3H3,(H,19,21). The molecule has 146 valence electrons. The van der Waals surface area contributed by atoms with E-state index in [4.69, 9.17) is 8.92 Å². The second kappa shape index (κ2) is 9.23. The van der Waals surface area contributed by atoms with Crippen LogP contribution in [0.1, 0.15) is 39.2 Å². The summed E-state index contributed by atoms with van der Waals surface area (Å²) in [4.78, 5) is 14.2. The lowest BCUT2D eigenvalue weighted by Crippen LogP contribution is -2.45. The summed E-state index contributed by atoms with van der Waals surface area (Å²) in [7, 11) is -3.58. The topological polar surface area (TPSA) is 84.9 Å². The van der Waals surface area contributed by atoms with E-state index < -0.39 is 10.1 Å². The van der Waals surface area contributed by atoms with Crippen LogP contribution in [0.3, 0.4) is 0 Å². The third kappa shape index (κ3) is 6.49. The van der Waals surface area contributed by atoms with Gasteiger partial charge in [0.05, 0.1) is 11.9 Å². The van der Waals surface area contributed by atoms with E-state index in [1.54, 1.807) is 23.1 Å². The van der Waals surface area contributed by atoms with Gasteiger partial charge < -0.3 is 19.1 Å². The maximum atomic E-state index is 12.5. The fraction of sp³-hybridized carbons (Fsp3) is 0.611. The van der Waals surface area contributed by atoms with Crippen LogP contribution in [0.15, 0.2) is 24.3 Å². The molecule has 0 aromatic heterocycles. The molecular weight excluding hydrogens is 356 g/mol. The molecule has 0 spiro atoms. The Morgan fingerprint density at radius 2 is 2.19 bits per heavy atom. The first-order valence-corrected chi connectivity index (χ1v) is 10.5. The minimum absolute atomic E-state index is 0.0267. The van der Waals surface area contributed by atoms with E-state index in [9.17, 15) is 13.2 Å². The number of ether oxygens (including phenoxy) is 1. The zero-order valence-corrected chi connectivity index (χ0v) is 16.4. The van der Waals surface area contributed by atoms with Crippen LogP contribution in [0.25, 0.3) is 0 Å². The molecule has 1 aliphatic heterocycles. The summed E-state index contributed by atoms with van der Waals surface area (Å²) in [5.41, 5.74) is 0.797. The number of carbonyl (C=O) groups is 1. The molecule has 1 atom stereocenters. The molecule has 1 aromatic rings. The normalized spacial score (nSPS) is 17.3. The molecule has 0 radical (unpaired) electrons. The lowest BCUT2D eigenvalue weighted by Gasteiger charge is -2.27. The Labute approximate surface area is 155 Å². The average Bonchev–Trinajstić information content (AvgIpc) is 3.06. The van der Waals surface area contributed by atoms with E-state index in [1.165, 1.54) is 6.92 Å². The Kier molecular flexibility index (Phi) is 7.28. The number of nitrogens with zero attached hydrogens (tertiary/aromatic N) is 1. The summed E-state index contributed by atoms with van der Waals surface area (Å²) in [6, 6.07) is 6.67. The molecule has 0 saturated carbocycles. The van der Waals surface area contributed by atoms with Crippen LogP contribution in [0.4, 0.5) is 4.79 Å². The summed E-state index contributed by atoms with van der Waals surface area (Å²) >= 11 is 0. The summed E-state index contributed by atoms with van der Waals surface area (Å²) in [6.45, 7) is 6.92. The molecule has 1 heterocycles. The maximum Gasteiger partial charge on any atom is 0.317 e. The second-order valence-electron chi connectivity index (χ2n) is 6.70. The Hall–Kier alpha value is -1.80. The molecule has 2 amide bonds. The van der Waals surface area contributed by atoms with Crippen molar-refractivity contribution in [2.75, 3.05) is 18.9 Å². The molecule has 1 saturated heterocycles. The van der Waals surface area contributed by atoms with Crippen LogP contribution in [-0.4, -0.2) is 50.4 Å². The maximum absolute atomic E-state index is 12.5. The minimum atomic E-state index is -3.58. The van der Waals surface area contributed by atoms with Gasteiger partial charge >= 0.3 is 16.1 Å². The summed E-state index contributed by atoms with van der Waals surface area (Å²) < 4.78 is 34.0. The summed E-state index contributed by atoms with van der Waals surface area (Å²) in [5, 5.41) is 2.90. The Bertz CT molecular complexity index is 699.